The molecule has 7 heteroatoms. The van der Waals surface area contributed by atoms with Crippen LogP contribution in [0.5, 0.6) is 5.75 Å². The number of nitrogens with zero attached hydrogens (tertiary/aromatic N) is 1. The third kappa shape index (κ3) is 2.51. The molecule has 0 aliphatic carbocycles. The molecule has 2 rings (SSSR count). The molecule has 104 valence electrons. The minimum Gasteiger partial charge on any atom is -0.503 e. The number of phenols is 1. The maximum Gasteiger partial charge on any atom is 0.257 e. The summed E-state index contributed by atoms with van der Waals surface area (Å²) in [6, 6.07) is 0.499. The van der Waals surface area contributed by atoms with E-state index in [9.17, 15) is 18.0 Å². The largest absolute Gasteiger partial charge is 0.503 e. The number of nitrogens with one attached hydrogen (secondary N) is 1. The minimum absolute atomic E-state index is 0.0275. The van der Waals surface area contributed by atoms with Crippen molar-refractivity contribution in [2.45, 2.75) is 13.0 Å². The van der Waals surface area contributed by atoms with Crippen LogP contribution in [0.1, 0.15) is 17.3 Å². The first kappa shape index (κ1) is 13.7. The number of carbonyl (C=O) groups is 1. The van der Waals surface area contributed by atoms with Crippen LogP contribution in [0.2, 0.25) is 0 Å². The molecule has 1 amide bonds. The standard InChI is InChI=1S/C12H13F3N2O2/c1-6-5-17(3-2-16-6)12(19)7-4-8(13)10(15)11(18)9(7)14/h4,6,16,18H,2-3,5H2,1H3/t6-/m1/s1. The van der Waals surface area contributed by atoms with Gasteiger partial charge in [-0.05, 0) is 13.0 Å². The number of benzene rings is 1. The molecule has 0 radical (unpaired) electrons. The lowest BCUT2D eigenvalue weighted by Crippen LogP contribution is -2.51. The maximum absolute atomic E-state index is 13.6. The summed E-state index contributed by atoms with van der Waals surface area (Å²) in [6.07, 6.45) is 0. The average Bonchev–Trinajstić information content (AvgIpc) is 2.40. The number of halogens is 3. The zero-order chi connectivity index (χ0) is 14.2. The lowest BCUT2D eigenvalue weighted by atomic mass is 10.1. The van der Waals surface area contributed by atoms with Crippen LogP contribution >= 0.6 is 0 Å². The third-order valence-corrected chi connectivity index (χ3v) is 3.02. The molecule has 1 aromatic carbocycles. The van der Waals surface area contributed by atoms with E-state index in [2.05, 4.69) is 5.32 Å². The van der Waals surface area contributed by atoms with E-state index in [-0.39, 0.29) is 6.04 Å². The first-order chi connectivity index (χ1) is 8.91. The Bertz CT molecular complexity index is 522. The van der Waals surface area contributed by atoms with Gasteiger partial charge in [-0.1, -0.05) is 0 Å². The lowest BCUT2D eigenvalue weighted by Gasteiger charge is -2.32. The molecule has 0 bridgehead atoms. The molecule has 0 spiro atoms. The first-order valence-electron chi connectivity index (χ1n) is 5.81. The Kier molecular flexibility index (Phi) is 3.66. The summed E-state index contributed by atoms with van der Waals surface area (Å²) in [5, 5.41) is 12.2. The SMILES string of the molecule is C[C@@H]1CN(C(=O)c2cc(F)c(F)c(O)c2F)CCN1. The van der Waals surface area contributed by atoms with E-state index in [4.69, 9.17) is 5.11 Å². The van der Waals surface area contributed by atoms with Gasteiger partial charge < -0.3 is 15.3 Å². The molecule has 2 N–H and O–H groups in total. The zero-order valence-electron chi connectivity index (χ0n) is 10.2. The van der Waals surface area contributed by atoms with Gasteiger partial charge in [0.25, 0.3) is 5.91 Å². The van der Waals surface area contributed by atoms with Crippen LogP contribution in [-0.2, 0) is 0 Å². The van der Waals surface area contributed by atoms with E-state index in [1.54, 1.807) is 0 Å². The van der Waals surface area contributed by atoms with Crippen LogP contribution in [0.25, 0.3) is 0 Å². The molecule has 4 nitrogen and oxygen atoms in total. The summed E-state index contributed by atoms with van der Waals surface area (Å²) in [5.41, 5.74) is -0.662. The molecule has 1 aliphatic heterocycles. The van der Waals surface area contributed by atoms with Gasteiger partial charge >= 0.3 is 0 Å². The predicted octanol–water partition coefficient (Wildman–Crippen LogP) is 1.24. The van der Waals surface area contributed by atoms with Crippen molar-refractivity contribution < 1.29 is 23.1 Å². The molecule has 0 unspecified atom stereocenters. The summed E-state index contributed by atoms with van der Waals surface area (Å²) in [6.45, 7) is 3.04. The fourth-order valence-electron chi connectivity index (χ4n) is 2.03. The Morgan fingerprint density at radius 2 is 2.11 bits per heavy atom. The van der Waals surface area contributed by atoms with Crippen molar-refractivity contribution in [3.63, 3.8) is 0 Å². The van der Waals surface area contributed by atoms with Gasteiger partial charge in [0.05, 0.1) is 5.56 Å². The van der Waals surface area contributed by atoms with E-state index in [1.165, 1.54) is 4.90 Å². The minimum atomic E-state index is -1.69. The second-order valence-corrected chi connectivity index (χ2v) is 4.49. The van der Waals surface area contributed by atoms with Gasteiger partial charge in [-0.3, -0.25) is 4.79 Å². The summed E-state index contributed by atoms with van der Waals surface area (Å²) < 4.78 is 39.7. The fraction of sp³-hybridized carbons (Fsp3) is 0.417. The summed E-state index contributed by atoms with van der Waals surface area (Å²) in [5.74, 6) is -6.81. The van der Waals surface area contributed by atoms with Crippen LogP contribution in [0.4, 0.5) is 13.2 Å². The van der Waals surface area contributed by atoms with Crippen molar-refractivity contribution in [1.29, 1.82) is 0 Å². The number of phenolic OH excluding ortho intramolecular Hbond substituents is 1. The van der Waals surface area contributed by atoms with Crippen LogP contribution in [0, 0.1) is 17.5 Å². The first-order valence-corrected chi connectivity index (χ1v) is 5.81. The van der Waals surface area contributed by atoms with Gasteiger partial charge in [-0.15, -0.1) is 0 Å². The third-order valence-electron chi connectivity index (χ3n) is 3.02. The molecular formula is C12H13F3N2O2. The van der Waals surface area contributed by atoms with E-state index >= 15 is 0 Å². The number of rotatable bonds is 1. The monoisotopic (exact) mass is 274 g/mol. The molecular weight excluding hydrogens is 261 g/mol. The topological polar surface area (TPSA) is 52.6 Å². The van der Waals surface area contributed by atoms with Gasteiger partial charge in [0.15, 0.2) is 17.4 Å². The second-order valence-electron chi connectivity index (χ2n) is 4.49. The van der Waals surface area contributed by atoms with Crippen LogP contribution in [0.15, 0.2) is 6.07 Å². The van der Waals surface area contributed by atoms with Gasteiger partial charge in [-0.25, -0.2) is 8.78 Å². The summed E-state index contributed by atoms with van der Waals surface area (Å²) >= 11 is 0. The van der Waals surface area contributed by atoms with E-state index < -0.39 is 34.7 Å². The Balaban J connectivity index is 2.34. The van der Waals surface area contributed by atoms with Crippen molar-refractivity contribution >= 4 is 5.91 Å². The normalized spacial score (nSPS) is 19.6. The van der Waals surface area contributed by atoms with Crippen LogP contribution in [0.3, 0.4) is 0 Å². The van der Waals surface area contributed by atoms with Crippen molar-refractivity contribution in [2.24, 2.45) is 0 Å². The number of hydrogen-bond donors (Lipinski definition) is 2. The van der Waals surface area contributed by atoms with Gasteiger partial charge in [0.1, 0.15) is 0 Å². The van der Waals surface area contributed by atoms with E-state index in [0.717, 1.165) is 0 Å². The number of piperazine rings is 1. The summed E-state index contributed by atoms with van der Waals surface area (Å²) in [4.78, 5) is 13.4. The van der Waals surface area contributed by atoms with Crippen molar-refractivity contribution in [2.75, 3.05) is 19.6 Å². The highest BCUT2D eigenvalue weighted by atomic mass is 19.2. The number of carbonyl (C=O) groups excluding carboxylic acids is 1. The van der Waals surface area contributed by atoms with E-state index in [0.29, 0.717) is 25.7 Å². The molecule has 1 fully saturated rings. The molecule has 1 saturated heterocycles. The summed E-state index contributed by atoms with van der Waals surface area (Å²) in [7, 11) is 0. The van der Waals surface area contributed by atoms with Crippen molar-refractivity contribution in [3.8, 4) is 5.75 Å². The van der Waals surface area contributed by atoms with Gasteiger partial charge in [-0.2, -0.15) is 4.39 Å². The smallest absolute Gasteiger partial charge is 0.257 e. The molecule has 1 atom stereocenters. The highest BCUT2D eigenvalue weighted by Crippen LogP contribution is 2.26. The fourth-order valence-corrected chi connectivity index (χ4v) is 2.03. The Morgan fingerprint density at radius 3 is 2.74 bits per heavy atom. The van der Waals surface area contributed by atoms with Gasteiger partial charge in [0, 0.05) is 25.7 Å². The maximum atomic E-state index is 13.6. The molecule has 1 aromatic rings. The van der Waals surface area contributed by atoms with Crippen LogP contribution in [-0.4, -0.2) is 41.6 Å². The Labute approximate surface area is 107 Å². The molecule has 19 heavy (non-hydrogen) atoms. The molecule has 0 saturated carbocycles. The van der Waals surface area contributed by atoms with Crippen molar-refractivity contribution in [3.05, 3.63) is 29.1 Å². The average molecular weight is 274 g/mol. The number of amides is 1. The molecule has 1 heterocycles. The predicted molar refractivity (Wildman–Crippen MR) is 61.3 cm³/mol. The lowest BCUT2D eigenvalue weighted by molar-refractivity contribution is 0.0702. The van der Waals surface area contributed by atoms with Crippen molar-refractivity contribution in [1.82, 2.24) is 10.2 Å². The number of aromatic hydroxyl groups is 1. The van der Waals surface area contributed by atoms with Gasteiger partial charge in [0.2, 0.25) is 5.82 Å². The Hall–Kier alpha value is -1.76. The highest BCUT2D eigenvalue weighted by molar-refractivity contribution is 5.95. The number of hydrogen-bond acceptors (Lipinski definition) is 3. The van der Waals surface area contributed by atoms with Crippen LogP contribution < -0.4 is 5.32 Å². The highest BCUT2D eigenvalue weighted by Gasteiger charge is 2.27. The van der Waals surface area contributed by atoms with E-state index in [1.807, 2.05) is 6.92 Å². The quantitative estimate of drug-likeness (QED) is 0.758. The molecule has 0 aromatic heterocycles. The Morgan fingerprint density at radius 1 is 1.42 bits per heavy atom. The molecule has 1 aliphatic rings. The second kappa shape index (κ2) is 5.08. The zero-order valence-corrected chi connectivity index (χ0v) is 10.2.